The van der Waals surface area contributed by atoms with Crippen molar-refractivity contribution in [2.24, 2.45) is 0 Å². The number of terminal acetylenes is 1. The monoisotopic (exact) mass is 329 g/mol. The number of hydrogen-bond acceptors (Lipinski definition) is 4. The topological polar surface area (TPSA) is 94.5 Å². The first-order valence-corrected chi connectivity index (χ1v) is 7.58. The molecule has 0 saturated carbocycles. The lowest BCUT2D eigenvalue weighted by Gasteiger charge is -2.17. The van der Waals surface area contributed by atoms with Gasteiger partial charge in [-0.3, -0.25) is 4.79 Å². The van der Waals surface area contributed by atoms with Crippen LogP contribution in [0.3, 0.4) is 0 Å². The normalized spacial score (nSPS) is 10.9. The molecule has 0 aliphatic heterocycles. The van der Waals surface area contributed by atoms with Gasteiger partial charge in [0, 0.05) is 17.1 Å². The second kappa shape index (κ2) is 6.10. The van der Waals surface area contributed by atoms with E-state index in [1.807, 2.05) is 18.2 Å². The van der Waals surface area contributed by atoms with Gasteiger partial charge in [0.25, 0.3) is 5.91 Å². The molecule has 3 aromatic rings. The van der Waals surface area contributed by atoms with Crippen LogP contribution in [0.25, 0.3) is 22.3 Å². The Kier molecular flexibility index (Phi) is 3.96. The smallest absolute Gasteiger partial charge is 0.271 e. The fourth-order valence-corrected chi connectivity index (χ4v) is 2.33. The molecule has 2 N–H and O–H groups in total. The molecule has 0 aliphatic rings. The average molecular weight is 329 g/mol. The van der Waals surface area contributed by atoms with Crippen LogP contribution in [0.15, 0.2) is 36.5 Å². The van der Waals surface area contributed by atoms with Gasteiger partial charge in [-0.1, -0.05) is 12.0 Å². The van der Waals surface area contributed by atoms with E-state index in [0.717, 1.165) is 10.9 Å². The number of aromatic nitrogens is 3. The fraction of sp³-hybridized carbons (Fsp3) is 0.158. The SMILES string of the molecule is C#Cc1cc2cc(-c3cccc(C(=O)NC(C)(C)C#N)n3)cnc2[nH]1. The van der Waals surface area contributed by atoms with E-state index in [9.17, 15) is 4.79 Å². The van der Waals surface area contributed by atoms with Gasteiger partial charge in [0.2, 0.25) is 0 Å². The number of pyridine rings is 2. The molecule has 0 unspecified atom stereocenters. The number of amides is 1. The summed E-state index contributed by atoms with van der Waals surface area (Å²) in [5.74, 6) is 2.13. The van der Waals surface area contributed by atoms with E-state index in [0.29, 0.717) is 17.0 Å². The summed E-state index contributed by atoms with van der Waals surface area (Å²) in [4.78, 5) is 24.0. The van der Waals surface area contributed by atoms with Crippen molar-refractivity contribution in [1.82, 2.24) is 20.3 Å². The van der Waals surface area contributed by atoms with Crippen LogP contribution in [0.5, 0.6) is 0 Å². The summed E-state index contributed by atoms with van der Waals surface area (Å²) in [6.07, 6.45) is 7.06. The molecule has 0 atom stereocenters. The van der Waals surface area contributed by atoms with Crippen LogP contribution in [0, 0.1) is 23.7 Å². The highest BCUT2D eigenvalue weighted by Crippen LogP contribution is 2.22. The fourth-order valence-electron chi connectivity index (χ4n) is 2.33. The number of rotatable bonds is 3. The molecule has 1 amide bonds. The van der Waals surface area contributed by atoms with E-state index in [1.165, 1.54) is 0 Å². The minimum absolute atomic E-state index is 0.235. The van der Waals surface area contributed by atoms with E-state index < -0.39 is 11.4 Å². The molecular formula is C19H15N5O. The van der Waals surface area contributed by atoms with Gasteiger partial charge in [-0.15, -0.1) is 6.42 Å². The molecule has 122 valence electrons. The maximum atomic E-state index is 12.3. The van der Waals surface area contributed by atoms with E-state index in [1.54, 1.807) is 38.2 Å². The first kappa shape index (κ1) is 16.2. The summed E-state index contributed by atoms with van der Waals surface area (Å²) in [6, 6.07) is 10.9. The highest BCUT2D eigenvalue weighted by molar-refractivity contribution is 5.93. The molecule has 3 rings (SSSR count). The van der Waals surface area contributed by atoms with Crippen molar-refractivity contribution in [2.45, 2.75) is 19.4 Å². The molecule has 6 heteroatoms. The second-order valence-electron chi connectivity index (χ2n) is 6.09. The molecule has 0 aliphatic carbocycles. The molecule has 3 aromatic heterocycles. The van der Waals surface area contributed by atoms with Crippen LogP contribution in [-0.4, -0.2) is 26.4 Å². The van der Waals surface area contributed by atoms with Gasteiger partial charge in [-0.25, -0.2) is 9.97 Å². The Morgan fingerprint density at radius 2 is 2.16 bits per heavy atom. The number of carbonyl (C=O) groups excluding carboxylic acids is 1. The molecular weight excluding hydrogens is 314 g/mol. The van der Waals surface area contributed by atoms with Crippen molar-refractivity contribution < 1.29 is 4.79 Å². The average Bonchev–Trinajstić information content (AvgIpc) is 3.04. The number of fused-ring (bicyclic) bond motifs is 1. The summed E-state index contributed by atoms with van der Waals surface area (Å²) in [7, 11) is 0. The lowest BCUT2D eigenvalue weighted by Crippen LogP contribution is -2.42. The van der Waals surface area contributed by atoms with Gasteiger partial charge in [0.05, 0.1) is 17.5 Å². The lowest BCUT2D eigenvalue weighted by molar-refractivity contribution is 0.0924. The van der Waals surface area contributed by atoms with Gasteiger partial charge < -0.3 is 10.3 Å². The number of nitriles is 1. The maximum absolute atomic E-state index is 12.3. The van der Waals surface area contributed by atoms with Crippen LogP contribution in [-0.2, 0) is 0 Å². The molecule has 3 heterocycles. The number of hydrogen-bond donors (Lipinski definition) is 2. The number of carbonyl (C=O) groups is 1. The summed E-state index contributed by atoms with van der Waals surface area (Å²) in [6.45, 7) is 3.25. The van der Waals surface area contributed by atoms with Crippen molar-refractivity contribution in [3.8, 4) is 29.7 Å². The molecule has 0 radical (unpaired) electrons. The quantitative estimate of drug-likeness (QED) is 0.722. The molecule has 6 nitrogen and oxygen atoms in total. The molecule has 0 saturated heterocycles. The zero-order valence-corrected chi connectivity index (χ0v) is 13.8. The van der Waals surface area contributed by atoms with Crippen molar-refractivity contribution in [1.29, 1.82) is 5.26 Å². The third-order valence-electron chi connectivity index (χ3n) is 3.61. The van der Waals surface area contributed by atoms with Crippen molar-refractivity contribution in [2.75, 3.05) is 0 Å². The van der Waals surface area contributed by atoms with Gasteiger partial charge in [0.15, 0.2) is 0 Å². The number of H-pyrrole nitrogens is 1. The second-order valence-corrected chi connectivity index (χ2v) is 6.09. The van der Waals surface area contributed by atoms with E-state index in [4.69, 9.17) is 11.7 Å². The third kappa shape index (κ3) is 3.34. The largest absolute Gasteiger partial charge is 0.333 e. The Morgan fingerprint density at radius 1 is 1.36 bits per heavy atom. The summed E-state index contributed by atoms with van der Waals surface area (Å²) < 4.78 is 0. The highest BCUT2D eigenvalue weighted by atomic mass is 16.2. The summed E-state index contributed by atoms with van der Waals surface area (Å²) in [5.41, 5.74) is 2.00. The Morgan fingerprint density at radius 3 is 2.88 bits per heavy atom. The first-order valence-electron chi connectivity index (χ1n) is 7.58. The van der Waals surface area contributed by atoms with Crippen molar-refractivity contribution in [3.63, 3.8) is 0 Å². The Bertz CT molecular complexity index is 1050. The molecule has 25 heavy (non-hydrogen) atoms. The predicted octanol–water partition coefficient (Wildman–Crippen LogP) is 2.64. The Balaban J connectivity index is 1.95. The lowest BCUT2D eigenvalue weighted by atomic mass is 10.1. The molecule has 0 bridgehead atoms. The highest BCUT2D eigenvalue weighted by Gasteiger charge is 2.21. The first-order chi connectivity index (χ1) is 11.9. The minimum atomic E-state index is -0.966. The van der Waals surface area contributed by atoms with Crippen LogP contribution < -0.4 is 5.32 Å². The molecule has 0 aromatic carbocycles. The van der Waals surface area contributed by atoms with E-state index in [-0.39, 0.29) is 5.69 Å². The Hall–Kier alpha value is -3.64. The van der Waals surface area contributed by atoms with Gasteiger partial charge in [-0.2, -0.15) is 5.26 Å². The van der Waals surface area contributed by atoms with Gasteiger partial charge in [-0.05, 0) is 38.1 Å². The summed E-state index contributed by atoms with van der Waals surface area (Å²) >= 11 is 0. The number of aromatic amines is 1. The van der Waals surface area contributed by atoms with Crippen LogP contribution in [0.2, 0.25) is 0 Å². The van der Waals surface area contributed by atoms with Crippen LogP contribution in [0.1, 0.15) is 30.0 Å². The predicted molar refractivity (Wildman–Crippen MR) is 94.4 cm³/mol. The minimum Gasteiger partial charge on any atom is -0.333 e. The van der Waals surface area contributed by atoms with Crippen LogP contribution in [0.4, 0.5) is 0 Å². The standard InChI is InChI=1S/C19H15N5O/c1-4-14-9-12-8-13(10-21-17(12)22-14)15-6-5-7-16(23-15)18(25)24-19(2,3)11-20/h1,5-10H,2-3H3,(H,21,22)(H,24,25). The molecule has 0 spiro atoms. The number of nitrogens with zero attached hydrogens (tertiary/aromatic N) is 3. The van der Waals surface area contributed by atoms with Crippen molar-refractivity contribution >= 4 is 16.9 Å². The maximum Gasteiger partial charge on any atom is 0.271 e. The molecule has 0 fully saturated rings. The van der Waals surface area contributed by atoms with E-state index in [2.05, 4.69) is 26.2 Å². The zero-order chi connectivity index (χ0) is 18.0. The summed E-state index contributed by atoms with van der Waals surface area (Å²) in [5, 5.41) is 12.5. The van der Waals surface area contributed by atoms with Crippen LogP contribution >= 0.6 is 0 Å². The van der Waals surface area contributed by atoms with Gasteiger partial charge >= 0.3 is 0 Å². The van der Waals surface area contributed by atoms with Gasteiger partial charge in [0.1, 0.15) is 16.9 Å². The van der Waals surface area contributed by atoms with Crippen molar-refractivity contribution in [3.05, 3.63) is 47.9 Å². The number of nitrogens with one attached hydrogen (secondary N) is 2. The third-order valence-corrected chi connectivity index (χ3v) is 3.61. The van der Waals surface area contributed by atoms with E-state index >= 15 is 0 Å². The Labute approximate surface area is 144 Å². The zero-order valence-electron chi connectivity index (χ0n) is 13.8.